The van der Waals surface area contributed by atoms with E-state index in [1.165, 1.54) is 38.7 Å². The highest BCUT2D eigenvalue weighted by Crippen LogP contribution is 2.50. The lowest BCUT2D eigenvalue weighted by molar-refractivity contribution is -0.662. The molecule has 140 valence electrons. The molecule has 0 saturated carbocycles. The predicted octanol–water partition coefficient (Wildman–Crippen LogP) is 5.80. The van der Waals surface area contributed by atoms with E-state index < -0.39 is 0 Å². The molecule has 0 saturated heterocycles. The van der Waals surface area contributed by atoms with Gasteiger partial charge in [-0.15, -0.1) is 0 Å². The molecule has 0 atom stereocenters. The maximum Gasteiger partial charge on any atom is 0.287 e. The van der Waals surface area contributed by atoms with Gasteiger partial charge in [0.05, 0.1) is 12.6 Å². The Bertz CT molecular complexity index is 1270. The van der Waals surface area contributed by atoms with E-state index in [0.717, 1.165) is 28.8 Å². The third-order valence-electron chi connectivity index (χ3n) is 5.87. The second kappa shape index (κ2) is 6.03. The summed E-state index contributed by atoms with van der Waals surface area (Å²) in [5, 5.41) is 3.66. The first-order valence-corrected chi connectivity index (χ1v) is 9.97. The Morgan fingerprint density at radius 3 is 2.46 bits per heavy atom. The summed E-state index contributed by atoms with van der Waals surface area (Å²) in [6, 6.07) is 13.0. The molecule has 0 aliphatic carbocycles. The quantitative estimate of drug-likeness (QED) is 0.368. The second-order valence-corrected chi connectivity index (χ2v) is 8.39. The van der Waals surface area contributed by atoms with Crippen LogP contribution < -0.4 is 9.30 Å². The zero-order valence-corrected chi connectivity index (χ0v) is 17.1. The summed E-state index contributed by atoms with van der Waals surface area (Å²) < 4.78 is 8.73. The number of rotatable bonds is 2. The van der Waals surface area contributed by atoms with E-state index in [4.69, 9.17) is 9.72 Å². The SMILES string of the molecule is Cc1c2c(c(C)c3ccccc13)-c1c3c(cc(CC(C)C)cc3nc[n+]1C)O2. The summed E-state index contributed by atoms with van der Waals surface area (Å²) in [5.74, 6) is 2.50. The molecule has 1 aromatic heterocycles. The van der Waals surface area contributed by atoms with Crippen LogP contribution in [0.15, 0.2) is 42.7 Å². The minimum absolute atomic E-state index is 0.591. The van der Waals surface area contributed by atoms with E-state index in [-0.39, 0.29) is 0 Å². The molecule has 4 aromatic rings. The van der Waals surface area contributed by atoms with Crippen LogP contribution in [0.4, 0.5) is 0 Å². The van der Waals surface area contributed by atoms with Gasteiger partial charge in [-0.3, -0.25) is 0 Å². The molecule has 2 heterocycles. The van der Waals surface area contributed by atoms with Gasteiger partial charge in [0, 0.05) is 5.56 Å². The summed E-state index contributed by atoms with van der Waals surface area (Å²) in [6.07, 6.45) is 2.95. The third-order valence-corrected chi connectivity index (χ3v) is 5.87. The summed E-state index contributed by atoms with van der Waals surface area (Å²) in [4.78, 5) is 4.72. The minimum atomic E-state index is 0.591. The topological polar surface area (TPSA) is 26.0 Å². The molecule has 3 nitrogen and oxygen atoms in total. The van der Waals surface area contributed by atoms with Crippen LogP contribution in [0.2, 0.25) is 0 Å². The van der Waals surface area contributed by atoms with Crippen LogP contribution in [0.3, 0.4) is 0 Å². The predicted molar refractivity (Wildman–Crippen MR) is 114 cm³/mol. The second-order valence-electron chi connectivity index (χ2n) is 8.39. The molecule has 0 unspecified atom stereocenters. The molecule has 3 aromatic carbocycles. The highest BCUT2D eigenvalue weighted by atomic mass is 16.5. The van der Waals surface area contributed by atoms with Crippen molar-refractivity contribution < 1.29 is 9.30 Å². The van der Waals surface area contributed by atoms with Crippen molar-refractivity contribution in [3.63, 3.8) is 0 Å². The first-order chi connectivity index (χ1) is 13.5. The Balaban J connectivity index is 1.91. The van der Waals surface area contributed by atoms with Crippen molar-refractivity contribution in [2.75, 3.05) is 0 Å². The monoisotopic (exact) mass is 369 g/mol. The van der Waals surface area contributed by atoms with Gasteiger partial charge in [0.25, 0.3) is 6.33 Å². The number of aryl methyl sites for hydroxylation is 3. The molecule has 5 rings (SSSR count). The maximum absolute atomic E-state index is 6.59. The molecule has 0 bridgehead atoms. The lowest BCUT2D eigenvalue weighted by Crippen LogP contribution is -2.33. The van der Waals surface area contributed by atoms with Gasteiger partial charge in [0.1, 0.15) is 16.9 Å². The van der Waals surface area contributed by atoms with Gasteiger partial charge in [0.15, 0.2) is 11.2 Å². The number of aromatic nitrogens is 2. The minimum Gasteiger partial charge on any atom is -0.455 e. The number of benzene rings is 3. The van der Waals surface area contributed by atoms with Crippen LogP contribution in [0.25, 0.3) is 32.9 Å². The number of hydrogen-bond acceptors (Lipinski definition) is 2. The van der Waals surface area contributed by atoms with Crippen molar-refractivity contribution in [2.24, 2.45) is 13.0 Å². The van der Waals surface area contributed by atoms with E-state index in [2.05, 4.69) is 75.7 Å². The fourth-order valence-corrected chi connectivity index (χ4v) is 4.62. The van der Waals surface area contributed by atoms with E-state index in [9.17, 15) is 0 Å². The van der Waals surface area contributed by atoms with Crippen LogP contribution in [0.1, 0.15) is 30.5 Å². The zero-order chi connectivity index (χ0) is 19.6. The van der Waals surface area contributed by atoms with E-state index in [1.807, 2.05) is 6.33 Å². The van der Waals surface area contributed by atoms with Gasteiger partial charge in [-0.2, -0.15) is 0 Å². The van der Waals surface area contributed by atoms with Crippen LogP contribution in [0.5, 0.6) is 11.5 Å². The molecule has 0 radical (unpaired) electrons. The molecule has 28 heavy (non-hydrogen) atoms. The molecule has 1 aliphatic rings. The average Bonchev–Trinajstić information content (AvgIpc) is 2.67. The zero-order valence-electron chi connectivity index (χ0n) is 17.1. The first-order valence-electron chi connectivity index (χ1n) is 9.97. The number of fused-ring (bicyclic) bond motifs is 3. The molecule has 0 fully saturated rings. The van der Waals surface area contributed by atoms with Crippen molar-refractivity contribution in [3.8, 4) is 22.8 Å². The summed E-state index contributed by atoms with van der Waals surface area (Å²) in [7, 11) is 2.08. The number of hydrogen-bond donors (Lipinski definition) is 0. The summed E-state index contributed by atoms with van der Waals surface area (Å²) in [6.45, 7) is 8.86. The lowest BCUT2D eigenvalue weighted by atomic mass is 9.89. The van der Waals surface area contributed by atoms with Crippen molar-refractivity contribution >= 4 is 21.7 Å². The highest BCUT2D eigenvalue weighted by Gasteiger charge is 2.31. The first kappa shape index (κ1) is 17.2. The molecule has 0 N–H and O–H groups in total. The van der Waals surface area contributed by atoms with Gasteiger partial charge in [-0.1, -0.05) is 38.1 Å². The van der Waals surface area contributed by atoms with Crippen LogP contribution in [0, 0.1) is 19.8 Å². The smallest absolute Gasteiger partial charge is 0.287 e. The molecular formula is C25H25N2O+. The van der Waals surface area contributed by atoms with Crippen LogP contribution in [-0.4, -0.2) is 4.98 Å². The fourth-order valence-electron chi connectivity index (χ4n) is 4.62. The molecule has 0 amide bonds. The van der Waals surface area contributed by atoms with Crippen molar-refractivity contribution in [2.45, 2.75) is 34.1 Å². The van der Waals surface area contributed by atoms with Gasteiger partial charge < -0.3 is 4.74 Å². The van der Waals surface area contributed by atoms with Crippen molar-refractivity contribution in [3.05, 3.63) is 59.4 Å². The van der Waals surface area contributed by atoms with Gasteiger partial charge in [-0.25, -0.2) is 4.57 Å². The maximum atomic E-state index is 6.59. The third kappa shape index (κ3) is 2.35. The Labute approximate surface area is 165 Å². The van der Waals surface area contributed by atoms with E-state index >= 15 is 0 Å². The van der Waals surface area contributed by atoms with Crippen LogP contribution >= 0.6 is 0 Å². The standard InChI is InChI=1S/C25H25N2O/c1-14(2)10-17-11-20-23-21(12-17)28-25-16(4)19-9-7-6-8-18(19)15(3)22(25)24(23)27(5)13-26-20/h6-9,11-14H,10H2,1-5H3/q+1. The Morgan fingerprint density at radius 2 is 1.75 bits per heavy atom. The van der Waals surface area contributed by atoms with Gasteiger partial charge in [-0.05, 0) is 65.2 Å². The molecule has 0 spiro atoms. The highest BCUT2D eigenvalue weighted by molar-refractivity contribution is 6.05. The van der Waals surface area contributed by atoms with E-state index in [0.29, 0.717) is 5.92 Å². The molecular weight excluding hydrogens is 344 g/mol. The van der Waals surface area contributed by atoms with Crippen LogP contribution in [-0.2, 0) is 13.5 Å². The van der Waals surface area contributed by atoms with E-state index in [1.54, 1.807) is 0 Å². The Kier molecular flexibility index (Phi) is 3.70. The van der Waals surface area contributed by atoms with Gasteiger partial charge >= 0.3 is 0 Å². The van der Waals surface area contributed by atoms with Gasteiger partial charge in [0.2, 0.25) is 0 Å². The average molecular weight is 369 g/mol. The van der Waals surface area contributed by atoms with Crippen molar-refractivity contribution in [1.29, 1.82) is 0 Å². The number of ether oxygens (including phenoxy) is 1. The summed E-state index contributed by atoms with van der Waals surface area (Å²) >= 11 is 0. The largest absolute Gasteiger partial charge is 0.455 e. The normalized spacial score (nSPS) is 12.5. The molecule has 1 aliphatic heterocycles. The fraction of sp³-hybridized carbons (Fsp3) is 0.280. The Morgan fingerprint density at radius 1 is 1.04 bits per heavy atom. The Hall–Kier alpha value is -2.94. The summed E-state index contributed by atoms with van der Waals surface area (Å²) in [5.41, 5.74) is 7.14. The number of nitrogens with zero attached hydrogens (tertiary/aromatic N) is 2. The molecule has 3 heteroatoms. The lowest BCUT2D eigenvalue weighted by Gasteiger charge is -2.25. The van der Waals surface area contributed by atoms with Crippen molar-refractivity contribution in [1.82, 2.24) is 4.98 Å².